The number of carbonyl (C=O) groups excluding carboxylic acids is 2. The molecule has 0 aliphatic carbocycles. The standard InChI is InChI=1S/C21H23ClN2O2S/c1-14-8-9-15(2)18(11-14)24-20(26)13-27-21(24)16-5-3-6-17(12-16)23-19(25)7-4-10-22/h3,5-6,8-9,11-12,21H,4,7,10,13H2,1-2H3,(H,23,25). The molecule has 2 aromatic rings. The molecule has 0 aromatic heterocycles. The maximum absolute atomic E-state index is 12.6. The lowest BCUT2D eigenvalue weighted by Gasteiger charge is -2.26. The number of aryl methyl sites for hydroxylation is 2. The molecule has 0 radical (unpaired) electrons. The number of hydrogen-bond donors (Lipinski definition) is 1. The number of thioether (sulfide) groups is 1. The second-order valence-electron chi connectivity index (χ2n) is 6.68. The number of halogens is 1. The highest BCUT2D eigenvalue weighted by molar-refractivity contribution is 8.00. The second kappa shape index (κ2) is 8.81. The van der Waals surface area contributed by atoms with Crippen LogP contribution in [0.25, 0.3) is 0 Å². The van der Waals surface area contributed by atoms with Crippen molar-refractivity contribution in [3.05, 3.63) is 59.2 Å². The predicted octanol–water partition coefficient (Wildman–Crippen LogP) is 5.04. The van der Waals surface area contributed by atoms with E-state index in [1.54, 1.807) is 11.8 Å². The minimum absolute atomic E-state index is 0.0469. The lowest BCUT2D eigenvalue weighted by atomic mass is 10.1. The number of carbonyl (C=O) groups is 2. The van der Waals surface area contributed by atoms with E-state index in [4.69, 9.17) is 11.6 Å². The molecule has 1 saturated heterocycles. The Hall–Kier alpha value is -1.98. The van der Waals surface area contributed by atoms with Gasteiger partial charge in [-0.15, -0.1) is 23.4 Å². The summed E-state index contributed by atoms with van der Waals surface area (Å²) in [5.74, 6) is 0.980. The highest BCUT2D eigenvalue weighted by atomic mass is 35.5. The third-order valence-corrected chi connectivity index (χ3v) is 5.96. The van der Waals surface area contributed by atoms with E-state index in [1.165, 1.54) is 0 Å². The molecule has 4 nitrogen and oxygen atoms in total. The summed E-state index contributed by atoms with van der Waals surface area (Å²) < 4.78 is 0. The first-order valence-electron chi connectivity index (χ1n) is 8.96. The highest BCUT2D eigenvalue weighted by Crippen LogP contribution is 2.43. The van der Waals surface area contributed by atoms with E-state index in [0.717, 1.165) is 28.1 Å². The molecule has 1 atom stereocenters. The molecule has 1 N–H and O–H groups in total. The quantitative estimate of drug-likeness (QED) is 0.688. The zero-order valence-electron chi connectivity index (χ0n) is 15.5. The molecule has 3 rings (SSSR count). The average molecular weight is 403 g/mol. The van der Waals surface area contributed by atoms with Gasteiger partial charge < -0.3 is 5.32 Å². The van der Waals surface area contributed by atoms with E-state index in [9.17, 15) is 9.59 Å². The van der Waals surface area contributed by atoms with Crippen LogP contribution in [0.4, 0.5) is 11.4 Å². The van der Waals surface area contributed by atoms with E-state index in [1.807, 2.05) is 49.1 Å². The maximum atomic E-state index is 12.6. The number of nitrogens with one attached hydrogen (secondary N) is 1. The predicted molar refractivity (Wildman–Crippen MR) is 114 cm³/mol. The van der Waals surface area contributed by atoms with Gasteiger partial charge in [-0.2, -0.15) is 0 Å². The molecule has 0 spiro atoms. The summed E-state index contributed by atoms with van der Waals surface area (Å²) in [6.07, 6.45) is 1.06. The van der Waals surface area contributed by atoms with Crippen molar-refractivity contribution in [3.8, 4) is 0 Å². The molecule has 27 heavy (non-hydrogen) atoms. The van der Waals surface area contributed by atoms with Crippen LogP contribution in [0.15, 0.2) is 42.5 Å². The van der Waals surface area contributed by atoms with E-state index in [2.05, 4.69) is 17.4 Å². The molecule has 0 bridgehead atoms. The van der Waals surface area contributed by atoms with Gasteiger partial charge in [0.05, 0.1) is 5.75 Å². The van der Waals surface area contributed by atoms with Gasteiger partial charge in [-0.1, -0.05) is 24.3 Å². The van der Waals surface area contributed by atoms with Crippen molar-refractivity contribution in [2.75, 3.05) is 21.8 Å². The van der Waals surface area contributed by atoms with E-state index < -0.39 is 0 Å². The number of rotatable bonds is 6. The Bertz CT molecular complexity index is 856. The Morgan fingerprint density at radius 1 is 1.26 bits per heavy atom. The Morgan fingerprint density at radius 3 is 2.85 bits per heavy atom. The van der Waals surface area contributed by atoms with Crippen LogP contribution >= 0.6 is 23.4 Å². The van der Waals surface area contributed by atoms with Crippen LogP contribution in [-0.4, -0.2) is 23.4 Å². The van der Waals surface area contributed by atoms with E-state index >= 15 is 0 Å². The number of benzene rings is 2. The Morgan fingerprint density at radius 2 is 2.07 bits per heavy atom. The van der Waals surface area contributed by atoms with Crippen molar-refractivity contribution in [1.82, 2.24) is 0 Å². The Balaban J connectivity index is 1.86. The third kappa shape index (κ3) is 4.66. The van der Waals surface area contributed by atoms with Gasteiger partial charge in [0.15, 0.2) is 0 Å². The summed E-state index contributed by atoms with van der Waals surface area (Å²) >= 11 is 7.26. The normalized spacial score (nSPS) is 16.6. The summed E-state index contributed by atoms with van der Waals surface area (Å²) in [7, 11) is 0. The fourth-order valence-corrected chi connectivity index (χ4v) is 4.42. The zero-order valence-corrected chi connectivity index (χ0v) is 17.1. The van der Waals surface area contributed by atoms with Gasteiger partial charge in [0.2, 0.25) is 11.8 Å². The maximum Gasteiger partial charge on any atom is 0.238 e. The van der Waals surface area contributed by atoms with Crippen molar-refractivity contribution in [2.24, 2.45) is 0 Å². The Kier molecular flexibility index (Phi) is 6.45. The van der Waals surface area contributed by atoms with Gasteiger partial charge in [0, 0.05) is 23.7 Å². The van der Waals surface area contributed by atoms with Crippen molar-refractivity contribution >= 4 is 46.6 Å². The van der Waals surface area contributed by atoms with Crippen molar-refractivity contribution in [1.29, 1.82) is 0 Å². The van der Waals surface area contributed by atoms with Crippen molar-refractivity contribution in [2.45, 2.75) is 32.1 Å². The number of anilines is 2. The minimum Gasteiger partial charge on any atom is -0.326 e. The lowest BCUT2D eigenvalue weighted by molar-refractivity contribution is -0.116. The summed E-state index contributed by atoms with van der Waals surface area (Å²) in [4.78, 5) is 26.5. The van der Waals surface area contributed by atoms with Gasteiger partial charge in [-0.05, 0) is 55.2 Å². The molecular formula is C21H23ClN2O2S. The molecule has 1 unspecified atom stereocenters. The third-order valence-electron chi connectivity index (χ3n) is 4.49. The van der Waals surface area contributed by atoms with E-state index in [0.29, 0.717) is 24.5 Å². The van der Waals surface area contributed by atoms with Crippen LogP contribution in [0.2, 0.25) is 0 Å². The van der Waals surface area contributed by atoms with Crippen LogP contribution in [0.5, 0.6) is 0 Å². The topological polar surface area (TPSA) is 49.4 Å². The van der Waals surface area contributed by atoms with Gasteiger partial charge in [0.25, 0.3) is 0 Å². The number of nitrogens with zero attached hydrogens (tertiary/aromatic N) is 1. The molecule has 2 aromatic carbocycles. The van der Waals surface area contributed by atoms with Crippen LogP contribution in [0.3, 0.4) is 0 Å². The van der Waals surface area contributed by atoms with Crippen LogP contribution < -0.4 is 10.2 Å². The first kappa shape index (κ1) is 19.8. The molecule has 142 valence electrons. The first-order chi connectivity index (χ1) is 13.0. The van der Waals surface area contributed by atoms with Gasteiger partial charge >= 0.3 is 0 Å². The minimum atomic E-state index is -0.0994. The van der Waals surface area contributed by atoms with Crippen LogP contribution in [-0.2, 0) is 9.59 Å². The molecule has 1 fully saturated rings. The highest BCUT2D eigenvalue weighted by Gasteiger charge is 2.35. The summed E-state index contributed by atoms with van der Waals surface area (Å²) in [5, 5.41) is 2.82. The molecule has 6 heteroatoms. The molecule has 1 heterocycles. The first-order valence-corrected chi connectivity index (χ1v) is 10.5. The smallest absolute Gasteiger partial charge is 0.238 e. The number of alkyl halides is 1. The van der Waals surface area contributed by atoms with Crippen LogP contribution in [0.1, 0.15) is 34.9 Å². The summed E-state index contributed by atoms with van der Waals surface area (Å²) in [6.45, 7) is 4.05. The lowest BCUT2D eigenvalue weighted by Crippen LogP contribution is -2.28. The molecule has 2 amide bonds. The van der Waals surface area contributed by atoms with Crippen molar-refractivity contribution in [3.63, 3.8) is 0 Å². The fraction of sp³-hybridized carbons (Fsp3) is 0.333. The van der Waals surface area contributed by atoms with Gasteiger partial charge in [0.1, 0.15) is 5.37 Å². The Labute approximate surface area is 169 Å². The van der Waals surface area contributed by atoms with E-state index in [-0.39, 0.29) is 17.2 Å². The summed E-state index contributed by atoms with van der Waals surface area (Å²) in [5.41, 5.74) is 4.90. The van der Waals surface area contributed by atoms with Gasteiger partial charge in [-0.25, -0.2) is 0 Å². The van der Waals surface area contributed by atoms with Crippen molar-refractivity contribution < 1.29 is 9.59 Å². The molecule has 1 aliphatic rings. The monoisotopic (exact) mass is 402 g/mol. The molecule has 0 saturated carbocycles. The average Bonchev–Trinajstić information content (AvgIpc) is 3.03. The molecule has 1 aliphatic heterocycles. The fourth-order valence-electron chi connectivity index (χ4n) is 3.13. The molecular weight excluding hydrogens is 380 g/mol. The van der Waals surface area contributed by atoms with Crippen LogP contribution in [0, 0.1) is 13.8 Å². The number of hydrogen-bond acceptors (Lipinski definition) is 3. The number of amides is 2. The van der Waals surface area contributed by atoms with Gasteiger partial charge in [-0.3, -0.25) is 14.5 Å². The summed E-state index contributed by atoms with van der Waals surface area (Å²) in [6, 6.07) is 13.9. The largest absolute Gasteiger partial charge is 0.326 e. The zero-order chi connectivity index (χ0) is 19.4. The second-order valence-corrected chi connectivity index (χ2v) is 8.13. The SMILES string of the molecule is Cc1ccc(C)c(N2C(=O)CSC2c2cccc(NC(=O)CCCCl)c2)c1.